The molecule has 0 amide bonds. The highest BCUT2D eigenvalue weighted by atomic mass is 35.5. The fourth-order valence-corrected chi connectivity index (χ4v) is 1.87. The predicted octanol–water partition coefficient (Wildman–Crippen LogP) is 1.27. The van der Waals surface area contributed by atoms with Gasteiger partial charge in [0.25, 0.3) is 0 Å². The number of benzene rings is 1. The van der Waals surface area contributed by atoms with Crippen LogP contribution in [0.1, 0.15) is 11.7 Å². The third kappa shape index (κ3) is 2.40. The third-order valence-electron chi connectivity index (χ3n) is 2.61. The molecular formula is C12H12ClNO3. The number of hydrogen-bond donors (Lipinski definition) is 3. The van der Waals surface area contributed by atoms with Crippen molar-refractivity contribution >= 4 is 22.5 Å². The number of rotatable bonds is 3. The first-order chi connectivity index (χ1) is 8.13. The van der Waals surface area contributed by atoms with Gasteiger partial charge in [-0.05, 0) is 23.8 Å². The van der Waals surface area contributed by atoms with E-state index in [1.54, 1.807) is 24.3 Å². The lowest BCUT2D eigenvalue weighted by Gasteiger charge is -2.17. The van der Waals surface area contributed by atoms with Crippen LogP contribution >= 0.6 is 11.6 Å². The molecule has 1 aromatic heterocycles. The van der Waals surface area contributed by atoms with Crippen LogP contribution in [-0.2, 0) is 0 Å². The first-order valence-electron chi connectivity index (χ1n) is 5.14. The minimum atomic E-state index is -1.21. The lowest BCUT2D eigenvalue weighted by Crippen LogP contribution is -2.22. The highest BCUT2D eigenvalue weighted by Gasteiger charge is 2.19. The van der Waals surface area contributed by atoms with E-state index in [-0.39, 0.29) is 0 Å². The molecule has 0 spiro atoms. The summed E-state index contributed by atoms with van der Waals surface area (Å²) in [6, 6.07) is 6.71. The summed E-state index contributed by atoms with van der Waals surface area (Å²) in [6.45, 7) is -0.501. The van der Waals surface area contributed by atoms with E-state index in [0.29, 0.717) is 21.5 Å². The van der Waals surface area contributed by atoms with Crippen molar-refractivity contribution in [2.24, 2.45) is 0 Å². The number of nitrogens with zero attached hydrogens (tertiary/aromatic N) is 1. The van der Waals surface area contributed by atoms with Gasteiger partial charge in [0.15, 0.2) is 0 Å². The van der Waals surface area contributed by atoms with E-state index in [1.165, 1.54) is 6.20 Å². The van der Waals surface area contributed by atoms with Gasteiger partial charge in [0.1, 0.15) is 12.2 Å². The normalized spacial score (nSPS) is 14.8. The van der Waals surface area contributed by atoms with Gasteiger partial charge in [-0.1, -0.05) is 17.7 Å². The molecule has 0 bridgehead atoms. The SMILES string of the molecule is OCC(O)C(O)c1ccnc2cc(Cl)ccc12. The summed E-state index contributed by atoms with van der Waals surface area (Å²) < 4.78 is 0. The Bertz CT molecular complexity index is 532. The summed E-state index contributed by atoms with van der Waals surface area (Å²) in [5.74, 6) is 0. The summed E-state index contributed by atoms with van der Waals surface area (Å²) in [5, 5.41) is 29.4. The largest absolute Gasteiger partial charge is 0.394 e. The number of fused-ring (bicyclic) bond motifs is 1. The smallest absolute Gasteiger partial charge is 0.108 e. The van der Waals surface area contributed by atoms with E-state index >= 15 is 0 Å². The van der Waals surface area contributed by atoms with Crippen molar-refractivity contribution < 1.29 is 15.3 Å². The van der Waals surface area contributed by atoms with Crippen LogP contribution in [0.5, 0.6) is 0 Å². The maximum absolute atomic E-state index is 9.89. The Morgan fingerprint density at radius 1 is 1.24 bits per heavy atom. The fraction of sp³-hybridized carbons (Fsp3) is 0.250. The molecule has 0 saturated heterocycles. The molecule has 2 atom stereocenters. The number of pyridine rings is 1. The molecule has 90 valence electrons. The number of hydrogen-bond acceptors (Lipinski definition) is 4. The van der Waals surface area contributed by atoms with Crippen molar-refractivity contribution in [3.8, 4) is 0 Å². The predicted molar refractivity (Wildman–Crippen MR) is 64.8 cm³/mol. The summed E-state index contributed by atoms with van der Waals surface area (Å²) in [7, 11) is 0. The van der Waals surface area contributed by atoms with E-state index < -0.39 is 18.8 Å². The first-order valence-corrected chi connectivity index (χ1v) is 5.52. The summed E-state index contributed by atoms with van der Waals surface area (Å²) in [5.41, 5.74) is 1.16. The van der Waals surface area contributed by atoms with E-state index in [4.69, 9.17) is 16.7 Å². The molecule has 5 heteroatoms. The van der Waals surface area contributed by atoms with Gasteiger partial charge in [-0.3, -0.25) is 4.98 Å². The summed E-state index contributed by atoms with van der Waals surface area (Å²) in [4.78, 5) is 4.13. The number of halogens is 1. The van der Waals surface area contributed by atoms with Gasteiger partial charge in [-0.15, -0.1) is 0 Å². The van der Waals surface area contributed by atoms with Crippen LogP contribution in [0, 0.1) is 0 Å². The molecule has 4 nitrogen and oxygen atoms in total. The second-order valence-corrected chi connectivity index (χ2v) is 4.19. The number of aliphatic hydroxyl groups is 3. The number of aromatic nitrogens is 1. The van der Waals surface area contributed by atoms with Gasteiger partial charge in [0.2, 0.25) is 0 Å². The summed E-state index contributed by atoms with van der Waals surface area (Å²) in [6.07, 6.45) is -0.829. The van der Waals surface area contributed by atoms with Crippen LogP contribution in [-0.4, -0.2) is 33.0 Å². The lowest BCUT2D eigenvalue weighted by molar-refractivity contribution is -0.0145. The molecule has 3 N–H and O–H groups in total. The Morgan fingerprint density at radius 2 is 2.00 bits per heavy atom. The van der Waals surface area contributed by atoms with Crippen LogP contribution in [0.2, 0.25) is 5.02 Å². The fourth-order valence-electron chi connectivity index (χ4n) is 1.71. The zero-order chi connectivity index (χ0) is 12.4. The standard InChI is InChI=1S/C12H12ClNO3/c13-7-1-2-8-9(12(17)11(16)6-15)3-4-14-10(8)5-7/h1-5,11-12,15-17H,6H2. The van der Waals surface area contributed by atoms with Crippen molar-refractivity contribution in [3.05, 3.63) is 41.0 Å². The molecule has 17 heavy (non-hydrogen) atoms. The van der Waals surface area contributed by atoms with Crippen LogP contribution in [0.3, 0.4) is 0 Å². The number of aliphatic hydroxyl groups excluding tert-OH is 3. The molecule has 1 aromatic carbocycles. The van der Waals surface area contributed by atoms with Crippen LogP contribution in [0.25, 0.3) is 10.9 Å². The molecule has 2 aromatic rings. The van der Waals surface area contributed by atoms with Gasteiger partial charge in [-0.25, -0.2) is 0 Å². The molecule has 0 fully saturated rings. The lowest BCUT2D eigenvalue weighted by atomic mass is 10.0. The Kier molecular flexibility index (Phi) is 3.59. The van der Waals surface area contributed by atoms with Gasteiger partial charge < -0.3 is 15.3 Å². The second-order valence-electron chi connectivity index (χ2n) is 3.76. The van der Waals surface area contributed by atoms with E-state index in [2.05, 4.69) is 4.98 Å². The minimum Gasteiger partial charge on any atom is -0.394 e. The van der Waals surface area contributed by atoms with E-state index in [1.807, 2.05) is 0 Å². The maximum atomic E-state index is 9.89. The van der Waals surface area contributed by atoms with Crippen LogP contribution in [0.4, 0.5) is 0 Å². The van der Waals surface area contributed by atoms with Gasteiger partial charge in [0.05, 0.1) is 12.1 Å². The third-order valence-corrected chi connectivity index (χ3v) is 2.84. The quantitative estimate of drug-likeness (QED) is 0.770. The molecule has 0 radical (unpaired) electrons. The zero-order valence-corrected chi connectivity index (χ0v) is 9.67. The Hall–Kier alpha value is -1.20. The van der Waals surface area contributed by atoms with Crippen molar-refractivity contribution in [2.45, 2.75) is 12.2 Å². The van der Waals surface area contributed by atoms with Gasteiger partial charge in [-0.2, -0.15) is 0 Å². The highest BCUT2D eigenvalue weighted by Crippen LogP contribution is 2.26. The maximum Gasteiger partial charge on any atom is 0.108 e. The van der Waals surface area contributed by atoms with Crippen molar-refractivity contribution in [1.82, 2.24) is 4.98 Å². The van der Waals surface area contributed by atoms with Crippen molar-refractivity contribution in [1.29, 1.82) is 0 Å². The molecule has 2 unspecified atom stereocenters. The molecule has 0 aliphatic heterocycles. The minimum absolute atomic E-state index is 0.501. The summed E-state index contributed by atoms with van der Waals surface area (Å²) >= 11 is 5.85. The Balaban J connectivity index is 2.54. The molecule has 0 aliphatic carbocycles. The van der Waals surface area contributed by atoms with Gasteiger partial charge in [0, 0.05) is 16.6 Å². The van der Waals surface area contributed by atoms with Crippen LogP contribution < -0.4 is 0 Å². The molecule has 2 rings (SSSR count). The van der Waals surface area contributed by atoms with Crippen molar-refractivity contribution in [3.63, 3.8) is 0 Å². The molecule has 0 aliphatic rings. The Labute approximate surface area is 103 Å². The van der Waals surface area contributed by atoms with E-state index in [9.17, 15) is 10.2 Å². The van der Waals surface area contributed by atoms with Gasteiger partial charge >= 0.3 is 0 Å². The molecular weight excluding hydrogens is 242 g/mol. The Morgan fingerprint density at radius 3 is 2.71 bits per heavy atom. The second kappa shape index (κ2) is 4.98. The van der Waals surface area contributed by atoms with E-state index in [0.717, 1.165) is 0 Å². The molecule has 1 heterocycles. The molecule has 0 saturated carbocycles. The zero-order valence-electron chi connectivity index (χ0n) is 8.92. The first kappa shape index (κ1) is 12.3. The highest BCUT2D eigenvalue weighted by molar-refractivity contribution is 6.31. The van der Waals surface area contributed by atoms with Crippen molar-refractivity contribution in [2.75, 3.05) is 6.61 Å². The van der Waals surface area contributed by atoms with Crippen LogP contribution in [0.15, 0.2) is 30.5 Å². The topological polar surface area (TPSA) is 73.6 Å². The monoisotopic (exact) mass is 253 g/mol. The average molecular weight is 254 g/mol. The average Bonchev–Trinajstić information content (AvgIpc) is 2.35.